The first-order valence-corrected chi connectivity index (χ1v) is 23.7. The molecule has 0 aliphatic carbocycles. The van der Waals surface area contributed by atoms with Crippen LogP contribution in [0, 0.1) is 0 Å². The third-order valence-electron chi connectivity index (χ3n) is 14.3. The van der Waals surface area contributed by atoms with Gasteiger partial charge in [-0.2, -0.15) is 4.98 Å². The van der Waals surface area contributed by atoms with Crippen LogP contribution in [0.15, 0.2) is 241 Å². The van der Waals surface area contributed by atoms with Crippen LogP contribution in [0.3, 0.4) is 0 Å². The van der Waals surface area contributed by atoms with Gasteiger partial charge in [0.2, 0.25) is 11.7 Å². The Labute approximate surface area is 401 Å². The fraction of sp³-hybridized carbons (Fsp3) is 0. The molecule has 0 amide bonds. The summed E-state index contributed by atoms with van der Waals surface area (Å²) < 4.78 is 13.6. The molecular formula is C64H39N5O. The minimum Gasteiger partial charge on any atom is -0.437 e. The van der Waals surface area contributed by atoms with E-state index in [1.54, 1.807) is 0 Å². The van der Waals surface area contributed by atoms with Crippen LogP contribution < -0.4 is 0 Å². The number of hydrogen-bond acceptors (Lipinski definition) is 3. The summed E-state index contributed by atoms with van der Waals surface area (Å²) in [6, 6.07) is 84.6. The molecule has 326 valence electrons. The Morgan fingerprint density at radius 3 is 1.19 bits per heavy atom. The maximum atomic E-state index is 6.71. The van der Waals surface area contributed by atoms with Gasteiger partial charge in [-0.05, 0) is 113 Å². The van der Waals surface area contributed by atoms with E-state index >= 15 is 0 Å². The summed E-state index contributed by atoms with van der Waals surface area (Å²) in [5, 5.41) is 9.02. The number of nitrogens with zero attached hydrogens (tertiary/aromatic N) is 5. The van der Waals surface area contributed by atoms with E-state index in [9.17, 15) is 0 Å². The van der Waals surface area contributed by atoms with Crippen LogP contribution in [0.4, 0.5) is 0 Å². The molecular weight excluding hydrogens is 855 g/mol. The van der Waals surface area contributed by atoms with Crippen LogP contribution in [0.1, 0.15) is 0 Å². The molecule has 0 unspecified atom stereocenters. The van der Waals surface area contributed by atoms with E-state index in [1.807, 2.05) is 6.07 Å². The second-order valence-corrected chi connectivity index (χ2v) is 18.2. The highest BCUT2D eigenvalue weighted by Gasteiger charge is 2.22. The smallest absolute Gasteiger partial charge is 0.238 e. The van der Waals surface area contributed by atoms with Crippen molar-refractivity contribution in [2.45, 2.75) is 0 Å². The molecule has 70 heavy (non-hydrogen) atoms. The number of benzene rings is 10. The predicted molar refractivity (Wildman–Crippen MR) is 289 cm³/mol. The van der Waals surface area contributed by atoms with E-state index in [0.29, 0.717) is 11.7 Å². The Hall–Kier alpha value is -9.52. The summed E-state index contributed by atoms with van der Waals surface area (Å²) in [5.74, 6) is 0.571. The first kappa shape index (κ1) is 38.6. The van der Waals surface area contributed by atoms with Crippen molar-refractivity contribution in [1.29, 1.82) is 0 Å². The predicted octanol–water partition coefficient (Wildman–Crippen LogP) is 16.7. The topological polar surface area (TPSA) is 53.7 Å². The van der Waals surface area contributed by atoms with Gasteiger partial charge in [0.15, 0.2) is 0 Å². The normalized spacial score (nSPS) is 12.0. The summed E-state index contributed by atoms with van der Waals surface area (Å²) in [5.41, 5.74) is 16.7. The number of hydrogen-bond donors (Lipinski definition) is 0. The Morgan fingerprint density at radius 2 is 0.671 bits per heavy atom. The summed E-state index contributed by atoms with van der Waals surface area (Å²) in [7, 11) is 0. The summed E-state index contributed by atoms with van der Waals surface area (Å²) in [6.07, 6.45) is 0. The molecule has 6 nitrogen and oxygen atoms in total. The van der Waals surface area contributed by atoms with Gasteiger partial charge >= 0.3 is 0 Å². The maximum Gasteiger partial charge on any atom is 0.238 e. The van der Waals surface area contributed by atoms with Gasteiger partial charge in [0, 0.05) is 54.6 Å². The molecule has 0 fully saturated rings. The molecule has 0 atom stereocenters. The minimum absolute atomic E-state index is 0.551. The van der Waals surface area contributed by atoms with Crippen LogP contribution in [-0.4, -0.2) is 23.7 Å². The number of aromatic nitrogens is 5. The summed E-state index contributed by atoms with van der Waals surface area (Å²) in [6.45, 7) is 0. The highest BCUT2D eigenvalue weighted by atomic mass is 16.3. The molecule has 6 heteroatoms. The molecule has 0 radical (unpaired) electrons. The molecule has 10 aromatic carbocycles. The Kier molecular flexibility index (Phi) is 8.26. The molecule has 5 heterocycles. The average Bonchev–Trinajstić information content (AvgIpc) is 4.17. The highest BCUT2D eigenvalue weighted by Crippen LogP contribution is 2.42. The lowest BCUT2D eigenvalue weighted by Gasteiger charge is -2.10. The van der Waals surface area contributed by atoms with Crippen LogP contribution >= 0.6 is 0 Å². The number of para-hydroxylation sites is 5. The molecule has 15 rings (SSSR count). The monoisotopic (exact) mass is 893 g/mol. The van der Waals surface area contributed by atoms with E-state index in [-0.39, 0.29) is 0 Å². The third-order valence-corrected chi connectivity index (χ3v) is 14.3. The van der Waals surface area contributed by atoms with Gasteiger partial charge in [0.25, 0.3) is 0 Å². The zero-order chi connectivity index (χ0) is 45.9. The molecule has 0 saturated heterocycles. The van der Waals surface area contributed by atoms with Gasteiger partial charge in [-0.25, -0.2) is 4.98 Å². The molecule has 0 spiro atoms. The van der Waals surface area contributed by atoms with Gasteiger partial charge in [-0.1, -0.05) is 146 Å². The van der Waals surface area contributed by atoms with E-state index in [4.69, 9.17) is 14.4 Å². The highest BCUT2D eigenvalue weighted by molar-refractivity contribution is 6.15. The lowest BCUT2D eigenvalue weighted by atomic mass is 9.98. The van der Waals surface area contributed by atoms with Gasteiger partial charge < -0.3 is 13.6 Å². The van der Waals surface area contributed by atoms with Crippen LogP contribution in [0.2, 0.25) is 0 Å². The number of furan rings is 1. The summed E-state index contributed by atoms with van der Waals surface area (Å²) in [4.78, 5) is 10.6. The SMILES string of the molecule is c1ccc(-c2nc(-n3c4ccccc4c4ccccc43)nc3oc4ccc(-c5ccc6c(c5)c5cc(-c7ccc8c(c7)c7ccccc7n8-c7ccccc7)ccc5n6-c5ccccc5)cc4c23)cc1. The van der Waals surface area contributed by atoms with Gasteiger partial charge in [0.05, 0.1) is 44.2 Å². The van der Waals surface area contributed by atoms with E-state index < -0.39 is 0 Å². The van der Waals surface area contributed by atoms with Gasteiger partial charge in [0.1, 0.15) is 5.58 Å². The van der Waals surface area contributed by atoms with Crippen LogP contribution in [0.5, 0.6) is 0 Å². The molecule has 5 aromatic heterocycles. The molecule has 0 aliphatic heterocycles. The van der Waals surface area contributed by atoms with Crippen molar-refractivity contribution in [2.75, 3.05) is 0 Å². The Balaban J connectivity index is 0.912. The lowest BCUT2D eigenvalue weighted by molar-refractivity contribution is 0.651. The first-order chi connectivity index (χ1) is 34.7. The van der Waals surface area contributed by atoms with E-state index in [2.05, 4.69) is 244 Å². The lowest BCUT2D eigenvalue weighted by Crippen LogP contribution is -2.02. The molecule has 0 saturated carbocycles. The van der Waals surface area contributed by atoms with Gasteiger partial charge in [-0.15, -0.1) is 0 Å². The van der Waals surface area contributed by atoms with Crippen molar-refractivity contribution in [3.05, 3.63) is 237 Å². The second kappa shape index (κ2) is 15.0. The maximum absolute atomic E-state index is 6.71. The number of fused-ring (bicyclic) bond motifs is 12. The van der Waals surface area contributed by atoms with Crippen LogP contribution in [-0.2, 0) is 0 Å². The fourth-order valence-electron chi connectivity index (χ4n) is 11.1. The van der Waals surface area contributed by atoms with Crippen molar-refractivity contribution in [2.24, 2.45) is 0 Å². The molecule has 0 bridgehead atoms. The quantitative estimate of drug-likeness (QED) is 0.167. The molecule has 15 aromatic rings. The summed E-state index contributed by atoms with van der Waals surface area (Å²) >= 11 is 0. The zero-order valence-electron chi connectivity index (χ0n) is 37.7. The fourth-order valence-corrected chi connectivity index (χ4v) is 11.1. The van der Waals surface area contributed by atoms with E-state index in [1.165, 1.54) is 43.7 Å². The minimum atomic E-state index is 0.551. The average molecular weight is 894 g/mol. The number of rotatable bonds is 6. The van der Waals surface area contributed by atoms with Crippen molar-refractivity contribution in [3.63, 3.8) is 0 Å². The van der Waals surface area contributed by atoms with Crippen LogP contribution in [0.25, 0.3) is 138 Å². The van der Waals surface area contributed by atoms with E-state index in [0.717, 1.165) is 83.0 Å². The molecule has 0 aliphatic rings. The second-order valence-electron chi connectivity index (χ2n) is 18.2. The third kappa shape index (κ3) is 5.74. The Bertz CT molecular complexity index is 4530. The largest absolute Gasteiger partial charge is 0.437 e. The van der Waals surface area contributed by atoms with Crippen molar-refractivity contribution >= 4 is 87.5 Å². The van der Waals surface area contributed by atoms with Gasteiger partial charge in [-0.3, -0.25) is 4.57 Å². The zero-order valence-corrected chi connectivity index (χ0v) is 37.7. The Morgan fingerprint density at radius 1 is 0.286 bits per heavy atom. The van der Waals surface area contributed by atoms with Crippen molar-refractivity contribution < 1.29 is 4.42 Å². The molecule has 0 N–H and O–H groups in total. The van der Waals surface area contributed by atoms with Crippen molar-refractivity contribution in [3.8, 4) is 50.8 Å². The van der Waals surface area contributed by atoms with Crippen molar-refractivity contribution in [1.82, 2.24) is 23.7 Å². The first-order valence-electron chi connectivity index (χ1n) is 23.7. The standard InChI is InChI=1S/C64H39N5O/c1-4-16-40(17-5-1)62-61-53-39-44(31-35-60(53)70-63(61)66-64(65-62)69-55-26-14-10-22-47(55)48-23-11-15-27-56(48)69)43-30-34-59-52(38-43)51-37-42(29-33-58(51)68(59)46-20-8-3-9-21-46)41-28-32-57-50(36-41)49-24-12-13-25-54(49)67(57)45-18-6-2-7-19-45/h1-39H.